The standard InChI is InChI=1S/C12H23NO5S/c1-12(2,3)18-11(14)13-8-5-6-10(13)7-9-17-19(4,15)16/h10H,5-9H2,1-4H3/t10-/m0/s1. The summed E-state index contributed by atoms with van der Waals surface area (Å²) in [5.74, 6) is 0. The van der Waals surface area contributed by atoms with Crippen molar-refractivity contribution >= 4 is 16.2 Å². The molecule has 1 heterocycles. The Bertz CT molecular complexity index is 412. The molecule has 6 nitrogen and oxygen atoms in total. The number of hydrogen-bond donors (Lipinski definition) is 0. The number of likely N-dealkylation sites (tertiary alicyclic amines) is 1. The molecule has 1 aliphatic heterocycles. The zero-order chi connectivity index (χ0) is 14.7. The Morgan fingerprint density at radius 3 is 2.53 bits per heavy atom. The smallest absolute Gasteiger partial charge is 0.410 e. The average molecular weight is 293 g/mol. The van der Waals surface area contributed by atoms with E-state index in [2.05, 4.69) is 0 Å². The summed E-state index contributed by atoms with van der Waals surface area (Å²) >= 11 is 0. The number of amides is 1. The van der Waals surface area contributed by atoms with E-state index in [1.807, 2.05) is 20.8 Å². The topological polar surface area (TPSA) is 72.9 Å². The van der Waals surface area contributed by atoms with Crippen molar-refractivity contribution in [1.82, 2.24) is 4.90 Å². The van der Waals surface area contributed by atoms with Gasteiger partial charge >= 0.3 is 6.09 Å². The van der Waals surface area contributed by atoms with Gasteiger partial charge in [-0.3, -0.25) is 4.18 Å². The molecule has 0 unspecified atom stereocenters. The van der Waals surface area contributed by atoms with Crippen molar-refractivity contribution < 1.29 is 22.1 Å². The third-order valence-corrected chi connectivity index (χ3v) is 3.35. The molecular weight excluding hydrogens is 270 g/mol. The van der Waals surface area contributed by atoms with Gasteiger partial charge in [-0.05, 0) is 40.0 Å². The Morgan fingerprint density at radius 2 is 2.00 bits per heavy atom. The zero-order valence-electron chi connectivity index (χ0n) is 12.0. The molecule has 0 radical (unpaired) electrons. The lowest BCUT2D eigenvalue weighted by Crippen LogP contribution is -2.40. The first kappa shape index (κ1) is 16.2. The molecule has 112 valence electrons. The first-order valence-electron chi connectivity index (χ1n) is 6.42. The van der Waals surface area contributed by atoms with Crippen molar-refractivity contribution in [3.05, 3.63) is 0 Å². The van der Waals surface area contributed by atoms with E-state index < -0.39 is 15.7 Å². The van der Waals surface area contributed by atoms with Crippen LogP contribution in [0.1, 0.15) is 40.0 Å². The summed E-state index contributed by atoms with van der Waals surface area (Å²) in [6.45, 7) is 6.22. The van der Waals surface area contributed by atoms with Crippen LogP contribution in [0.4, 0.5) is 4.79 Å². The van der Waals surface area contributed by atoms with Gasteiger partial charge in [-0.2, -0.15) is 8.42 Å². The average Bonchev–Trinajstić information content (AvgIpc) is 2.61. The fourth-order valence-electron chi connectivity index (χ4n) is 2.03. The van der Waals surface area contributed by atoms with Gasteiger partial charge in [0.25, 0.3) is 10.1 Å². The number of ether oxygens (including phenoxy) is 1. The summed E-state index contributed by atoms with van der Waals surface area (Å²) in [6.07, 6.45) is 2.95. The highest BCUT2D eigenvalue weighted by Gasteiger charge is 2.31. The Morgan fingerprint density at radius 1 is 1.37 bits per heavy atom. The van der Waals surface area contributed by atoms with Gasteiger partial charge in [0.1, 0.15) is 5.60 Å². The van der Waals surface area contributed by atoms with Gasteiger partial charge in [-0.15, -0.1) is 0 Å². The minimum Gasteiger partial charge on any atom is -0.444 e. The van der Waals surface area contributed by atoms with Crippen molar-refractivity contribution in [1.29, 1.82) is 0 Å². The maximum Gasteiger partial charge on any atom is 0.410 e. The number of rotatable bonds is 4. The molecule has 7 heteroatoms. The van der Waals surface area contributed by atoms with Crippen LogP contribution in [0.2, 0.25) is 0 Å². The summed E-state index contributed by atoms with van der Waals surface area (Å²) < 4.78 is 31.8. The zero-order valence-corrected chi connectivity index (χ0v) is 12.8. The molecule has 0 saturated carbocycles. The van der Waals surface area contributed by atoms with Crippen molar-refractivity contribution in [2.45, 2.75) is 51.7 Å². The van der Waals surface area contributed by atoms with Gasteiger partial charge in [-0.1, -0.05) is 0 Å². The number of carbonyl (C=O) groups is 1. The lowest BCUT2D eigenvalue weighted by atomic mass is 10.1. The Kier molecular flexibility index (Phi) is 5.20. The van der Waals surface area contributed by atoms with Crippen LogP contribution in [-0.4, -0.2) is 50.5 Å². The monoisotopic (exact) mass is 293 g/mol. The van der Waals surface area contributed by atoms with Crippen LogP contribution < -0.4 is 0 Å². The molecule has 1 aliphatic rings. The molecule has 0 N–H and O–H groups in total. The second kappa shape index (κ2) is 6.09. The number of nitrogens with zero attached hydrogens (tertiary/aromatic N) is 1. The van der Waals surface area contributed by atoms with Gasteiger partial charge in [0.15, 0.2) is 0 Å². The Hall–Kier alpha value is -0.820. The van der Waals surface area contributed by atoms with Crippen molar-refractivity contribution in [3.8, 4) is 0 Å². The summed E-state index contributed by atoms with van der Waals surface area (Å²) in [4.78, 5) is 13.6. The van der Waals surface area contributed by atoms with Gasteiger partial charge in [0.05, 0.1) is 12.9 Å². The minimum absolute atomic E-state index is 0.00315. The van der Waals surface area contributed by atoms with Crippen LogP contribution >= 0.6 is 0 Å². The van der Waals surface area contributed by atoms with E-state index in [1.165, 1.54) is 0 Å². The highest BCUT2D eigenvalue weighted by Crippen LogP contribution is 2.23. The predicted molar refractivity (Wildman–Crippen MR) is 71.4 cm³/mol. The summed E-state index contributed by atoms with van der Waals surface area (Å²) in [6, 6.07) is -0.00315. The van der Waals surface area contributed by atoms with Crippen molar-refractivity contribution in [2.75, 3.05) is 19.4 Å². The fourth-order valence-corrected chi connectivity index (χ4v) is 2.43. The summed E-state index contributed by atoms with van der Waals surface area (Å²) in [7, 11) is -3.42. The largest absolute Gasteiger partial charge is 0.444 e. The summed E-state index contributed by atoms with van der Waals surface area (Å²) in [5.41, 5.74) is -0.520. The molecule has 1 atom stereocenters. The maximum absolute atomic E-state index is 12.0. The van der Waals surface area contributed by atoms with E-state index in [9.17, 15) is 13.2 Å². The molecule has 1 rings (SSSR count). The molecule has 0 aliphatic carbocycles. The van der Waals surface area contributed by atoms with Gasteiger partial charge in [0.2, 0.25) is 0 Å². The molecule has 0 bridgehead atoms. The molecule has 0 spiro atoms. The van der Waals surface area contributed by atoms with E-state index in [0.29, 0.717) is 13.0 Å². The molecule has 0 aromatic rings. The lowest BCUT2D eigenvalue weighted by molar-refractivity contribution is 0.0212. The quantitative estimate of drug-likeness (QED) is 0.738. The first-order valence-corrected chi connectivity index (χ1v) is 8.24. The third-order valence-electron chi connectivity index (χ3n) is 2.75. The molecule has 1 saturated heterocycles. The van der Waals surface area contributed by atoms with Gasteiger partial charge < -0.3 is 9.64 Å². The summed E-state index contributed by atoms with van der Waals surface area (Å²) in [5, 5.41) is 0. The molecule has 0 aromatic carbocycles. The molecule has 1 fully saturated rings. The number of hydrogen-bond acceptors (Lipinski definition) is 5. The van der Waals surface area contributed by atoms with Crippen LogP contribution in [-0.2, 0) is 19.0 Å². The fraction of sp³-hybridized carbons (Fsp3) is 0.917. The van der Waals surface area contributed by atoms with Crippen LogP contribution in [0.5, 0.6) is 0 Å². The highest BCUT2D eigenvalue weighted by atomic mass is 32.2. The Balaban J connectivity index is 2.48. The Labute approximate surface area is 115 Å². The molecule has 19 heavy (non-hydrogen) atoms. The van der Waals surface area contributed by atoms with Crippen LogP contribution in [0, 0.1) is 0 Å². The maximum atomic E-state index is 12.0. The van der Waals surface area contributed by atoms with E-state index in [-0.39, 0.29) is 18.7 Å². The normalized spacial score (nSPS) is 20.6. The van der Waals surface area contributed by atoms with E-state index >= 15 is 0 Å². The second-order valence-electron chi connectivity index (χ2n) is 5.78. The SMILES string of the molecule is CC(C)(C)OC(=O)N1CCC[C@H]1CCOS(C)(=O)=O. The molecule has 1 amide bonds. The van der Waals surface area contributed by atoms with Crippen molar-refractivity contribution in [2.24, 2.45) is 0 Å². The first-order chi connectivity index (χ1) is 8.58. The van der Waals surface area contributed by atoms with Crippen LogP contribution in [0.25, 0.3) is 0 Å². The second-order valence-corrected chi connectivity index (χ2v) is 7.43. The molecular formula is C12H23NO5S. The van der Waals surface area contributed by atoms with Gasteiger partial charge in [-0.25, -0.2) is 4.79 Å². The van der Waals surface area contributed by atoms with E-state index in [4.69, 9.17) is 8.92 Å². The van der Waals surface area contributed by atoms with Crippen molar-refractivity contribution in [3.63, 3.8) is 0 Å². The van der Waals surface area contributed by atoms with Gasteiger partial charge in [0, 0.05) is 12.6 Å². The lowest BCUT2D eigenvalue weighted by Gasteiger charge is -2.28. The predicted octanol–water partition coefficient (Wildman–Crippen LogP) is 1.75. The highest BCUT2D eigenvalue weighted by molar-refractivity contribution is 7.85. The van der Waals surface area contributed by atoms with Crippen LogP contribution in [0.3, 0.4) is 0 Å². The molecule has 0 aromatic heterocycles. The minimum atomic E-state index is -3.42. The number of carbonyl (C=O) groups excluding carboxylic acids is 1. The van der Waals surface area contributed by atoms with E-state index in [1.54, 1.807) is 4.90 Å². The van der Waals surface area contributed by atoms with E-state index in [0.717, 1.165) is 19.1 Å². The van der Waals surface area contributed by atoms with Crippen LogP contribution in [0.15, 0.2) is 0 Å². The third kappa shape index (κ3) is 6.24.